The zero-order chi connectivity index (χ0) is 9.68. The average Bonchev–Trinajstić information content (AvgIpc) is 2.15. The van der Waals surface area contributed by atoms with Crippen molar-refractivity contribution in [3.63, 3.8) is 0 Å². The Morgan fingerprint density at radius 1 is 1.23 bits per heavy atom. The van der Waals surface area contributed by atoms with Gasteiger partial charge in [0.1, 0.15) is 0 Å². The van der Waals surface area contributed by atoms with Gasteiger partial charge in [0.05, 0.1) is 5.69 Å². The molecule has 0 atom stereocenters. The van der Waals surface area contributed by atoms with Gasteiger partial charge in [0.15, 0.2) is 5.17 Å². The Labute approximate surface area is 83.7 Å². The van der Waals surface area contributed by atoms with Crippen LogP contribution in [0.5, 0.6) is 0 Å². The molecule has 1 rings (SSSR count). The minimum absolute atomic E-state index is 1.00. The van der Waals surface area contributed by atoms with Gasteiger partial charge in [-0.2, -0.15) is 0 Å². The van der Waals surface area contributed by atoms with Gasteiger partial charge in [-0.3, -0.25) is 0 Å². The van der Waals surface area contributed by atoms with Crippen LogP contribution in [0.2, 0.25) is 0 Å². The van der Waals surface area contributed by atoms with Gasteiger partial charge >= 0.3 is 0 Å². The molecule has 1 aromatic carbocycles. The van der Waals surface area contributed by atoms with Gasteiger partial charge in [0.25, 0.3) is 0 Å². The summed E-state index contributed by atoms with van der Waals surface area (Å²) in [5.74, 6) is 0. The molecule has 0 bridgehead atoms. The molecule has 1 aromatic rings. The molecule has 0 aliphatic carbocycles. The second kappa shape index (κ2) is 4.92. The molecule has 0 spiro atoms. The molecular weight excluding hydrogens is 180 g/mol. The minimum atomic E-state index is 1.00. The number of amidine groups is 1. The Morgan fingerprint density at radius 3 is 2.31 bits per heavy atom. The molecule has 0 aliphatic rings. The van der Waals surface area contributed by atoms with E-state index in [1.165, 1.54) is 0 Å². The fourth-order valence-corrected chi connectivity index (χ4v) is 1.50. The summed E-state index contributed by atoms with van der Waals surface area (Å²) in [4.78, 5) is 6.49. The summed E-state index contributed by atoms with van der Waals surface area (Å²) in [5, 5.41) is 1.02. The largest absolute Gasteiger partial charge is 0.357 e. The predicted molar refractivity (Wildman–Crippen MR) is 60.7 cm³/mol. The van der Waals surface area contributed by atoms with E-state index < -0.39 is 0 Å². The highest BCUT2D eigenvalue weighted by Gasteiger charge is 1.98. The minimum Gasteiger partial charge on any atom is -0.357 e. The van der Waals surface area contributed by atoms with E-state index in [1.807, 2.05) is 55.6 Å². The summed E-state index contributed by atoms with van der Waals surface area (Å²) in [5.41, 5.74) is 1.00. The van der Waals surface area contributed by atoms with Gasteiger partial charge in [0, 0.05) is 14.1 Å². The molecule has 0 N–H and O–H groups in total. The standard InChI is InChI=1S/C10H14N2S/c1-12(2)10(13-3)11-9-7-5-4-6-8-9/h4-8H,1-3H3. The number of rotatable bonds is 1. The molecule has 0 fully saturated rings. The molecule has 0 aliphatic heterocycles. The number of benzene rings is 1. The van der Waals surface area contributed by atoms with Gasteiger partial charge in [-0.15, -0.1) is 0 Å². The molecule has 0 aromatic heterocycles. The van der Waals surface area contributed by atoms with Crippen LogP contribution in [0.4, 0.5) is 5.69 Å². The van der Waals surface area contributed by atoms with E-state index in [0.717, 1.165) is 10.9 Å². The predicted octanol–water partition coefficient (Wildman–Crippen LogP) is 2.60. The molecule has 0 saturated heterocycles. The van der Waals surface area contributed by atoms with Crippen molar-refractivity contribution < 1.29 is 0 Å². The lowest BCUT2D eigenvalue weighted by Gasteiger charge is -2.12. The van der Waals surface area contributed by atoms with Gasteiger partial charge in [0.2, 0.25) is 0 Å². The van der Waals surface area contributed by atoms with E-state index in [1.54, 1.807) is 11.8 Å². The Bertz CT molecular complexity index is 280. The third-order valence-corrected chi connectivity index (χ3v) is 2.37. The van der Waals surface area contributed by atoms with Crippen molar-refractivity contribution in [1.82, 2.24) is 4.90 Å². The molecule has 0 heterocycles. The summed E-state index contributed by atoms with van der Waals surface area (Å²) >= 11 is 1.65. The van der Waals surface area contributed by atoms with Crippen LogP contribution in [-0.2, 0) is 0 Å². The molecule has 70 valence electrons. The van der Waals surface area contributed by atoms with Crippen molar-refractivity contribution in [2.45, 2.75) is 0 Å². The van der Waals surface area contributed by atoms with Crippen LogP contribution < -0.4 is 0 Å². The lowest BCUT2D eigenvalue weighted by molar-refractivity contribution is 0.637. The normalized spacial score (nSPS) is 11.5. The SMILES string of the molecule is CSC(=Nc1ccccc1)N(C)C. The van der Waals surface area contributed by atoms with Gasteiger partial charge in [-0.25, -0.2) is 4.99 Å². The number of para-hydroxylation sites is 1. The van der Waals surface area contributed by atoms with Crippen LogP contribution in [0.3, 0.4) is 0 Å². The first kappa shape index (κ1) is 10.1. The Morgan fingerprint density at radius 2 is 1.85 bits per heavy atom. The third kappa shape index (κ3) is 3.11. The second-order valence-electron chi connectivity index (χ2n) is 2.83. The first-order chi connectivity index (χ1) is 6.24. The van der Waals surface area contributed by atoms with E-state index in [9.17, 15) is 0 Å². The lowest BCUT2D eigenvalue weighted by Crippen LogP contribution is -2.17. The molecule has 13 heavy (non-hydrogen) atoms. The monoisotopic (exact) mass is 194 g/mol. The molecule has 0 saturated carbocycles. The summed E-state index contributed by atoms with van der Waals surface area (Å²) in [6, 6.07) is 9.98. The van der Waals surface area contributed by atoms with Crippen molar-refractivity contribution >= 4 is 22.6 Å². The van der Waals surface area contributed by atoms with E-state index in [4.69, 9.17) is 0 Å². The van der Waals surface area contributed by atoms with E-state index >= 15 is 0 Å². The fraction of sp³-hybridized carbons (Fsp3) is 0.300. The molecule has 0 radical (unpaired) electrons. The number of aliphatic imine (C=N–C) groups is 1. The van der Waals surface area contributed by atoms with Crippen LogP contribution >= 0.6 is 11.8 Å². The molecule has 0 amide bonds. The number of hydrogen-bond donors (Lipinski definition) is 0. The van der Waals surface area contributed by atoms with Gasteiger partial charge in [-0.1, -0.05) is 30.0 Å². The van der Waals surface area contributed by atoms with E-state index in [-0.39, 0.29) is 0 Å². The maximum Gasteiger partial charge on any atom is 0.163 e. The first-order valence-electron chi connectivity index (χ1n) is 4.09. The molecular formula is C10H14N2S. The zero-order valence-electron chi connectivity index (χ0n) is 8.19. The van der Waals surface area contributed by atoms with Crippen molar-refractivity contribution in [1.29, 1.82) is 0 Å². The highest BCUT2D eigenvalue weighted by molar-refractivity contribution is 8.13. The number of thioether (sulfide) groups is 1. The summed E-state index contributed by atoms with van der Waals surface area (Å²) in [6.07, 6.45) is 2.03. The van der Waals surface area contributed by atoms with Gasteiger partial charge < -0.3 is 4.90 Å². The fourth-order valence-electron chi connectivity index (χ4n) is 0.941. The molecule has 2 nitrogen and oxygen atoms in total. The van der Waals surface area contributed by atoms with Crippen LogP contribution in [0.25, 0.3) is 0 Å². The molecule has 0 unspecified atom stereocenters. The van der Waals surface area contributed by atoms with Crippen LogP contribution in [-0.4, -0.2) is 30.4 Å². The highest BCUT2D eigenvalue weighted by Crippen LogP contribution is 2.13. The summed E-state index contributed by atoms with van der Waals surface area (Å²) < 4.78 is 0. The van der Waals surface area contributed by atoms with Crippen LogP contribution in [0.15, 0.2) is 35.3 Å². The number of hydrogen-bond acceptors (Lipinski definition) is 2. The Hall–Kier alpha value is -0.960. The first-order valence-corrected chi connectivity index (χ1v) is 5.31. The second-order valence-corrected chi connectivity index (χ2v) is 3.60. The highest BCUT2D eigenvalue weighted by atomic mass is 32.2. The number of nitrogens with zero attached hydrogens (tertiary/aromatic N) is 2. The maximum atomic E-state index is 4.48. The smallest absolute Gasteiger partial charge is 0.163 e. The summed E-state index contributed by atoms with van der Waals surface area (Å²) in [6.45, 7) is 0. The van der Waals surface area contributed by atoms with E-state index in [0.29, 0.717) is 0 Å². The van der Waals surface area contributed by atoms with Crippen LogP contribution in [0, 0.1) is 0 Å². The quantitative estimate of drug-likeness (QED) is 0.504. The van der Waals surface area contributed by atoms with Crippen LogP contribution in [0.1, 0.15) is 0 Å². The van der Waals surface area contributed by atoms with Crippen molar-refractivity contribution in [2.24, 2.45) is 4.99 Å². The summed E-state index contributed by atoms with van der Waals surface area (Å²) in [7, 11) is 4.00. The Balaban J connectivity index is 2.85. The third-order valence-electron chi connectivity index (χ3n) is 1.55. The average molecular weight is 194 g/mol. The molecule has 3 heteroatoms. The van der Waals surface area contributed by atoms with Gasteiger partial charge in [-0.05, 0) is 18.4 Å². The topological polar surface area (TPSA) is 15.6 Å². The van der Waals surface area contributed by atoms with Crippen molar-refractivity contribution in [3.05, 3.63) is 30.3 Å². The van der Waals surface area contributed by atoms with E-state index in [2.05, 4.69) is 4.99 Å². The van der Waals surface area contributed by atoms with Crippen molar-refractivity contribution in [2.75, 3.05) is 20.4 Å². The Kier molecular flexibility index (Phi) is 3.83. The van der Waals surface area contributed by atoms with Crippen molar-refractivity contribution in [3.8, 4) is 0 Å². The zero-order valence-corrected chi connectivity index (χ0v) is 9.01. The lowest BCUT2D eigenvalue weighted by atomic mass is 10.3. The maximum absolute atomic E-state index is 4.48.